The minimum atomic E-state index is 0.777. The molecule has 0 aromatic heterocycles. The van der Waals surface area contributed by atoms with E-state index in [1.807, 2.05) is 24.3 Å². The van der Waals surface area contributed by atoms with Gasteiger partial charge in [0.05, 0.1) is 13.7 Å². The summed E-state index contributed by atoms with van der Waals surface area (Å²) in [6.45, 7) is 1.89. The summed E-state index contributed by atoms with van der Waals surface area (Å²) in [5.41, 5.74) is 0. The molecule has 0 saturated heterocycles. The zero-order chi connectivity index (χ0) is 11.9. The fourth-order valence-electron chi connectivity index (χ4n) is 1.70. The van der Waals surface area contributed by atoms with Gasteiger partial charge in [0.2, 0.25) is 0 Å². The van der Waals surface area contributed by atoms with Crippen LogP contribution >= 0.6 is 0 Å². The predicted octanol–water partition coefficient (Wildman–Crippen LogP) is 2.61. The minimum Gasteiger partial charge on any atom is -0.497 e. The van der Waals surface area contributed by atoms with Gasteiger partial charge in [0.25, 0.3) is 0 Å². The first-order chi connectivity index (χ1) is 8.38. The van der Waals surface area contributed by atoms with Crippen LogP contribution in [0, 0.1) is 0 Å². The molecule has 0 aliphatic heterocycles. The number of nitrogens with one attached hydrogen (secondary N) is 1. The normalized spacial score (nSPS) is 14.6. The maximum Gasteiger partial charge on any atom is 0.122 e. The number of rotatable bonds is 8. The monoisotopic (exact) mass is 235 g/mol. The first kappa shape index (κ1) is 12.2. The molecule has 1 aliphatic carbocycles. The van der Waals surface area contributed by atoms with E-state index in [0.717, 1.165) is 37.1 Å². The van der Waals surface area contributed by atoms with Crippen molar-refractivity contribution in [2.75, 3.05) is 20.3 Å². The lowest BCUT2D eigenvalue weighted by Gasteiger charge is -2.07. The Morgan fingerprint density at radius 1 is 1.24 bits per heavy atom. The Balaban J connectivity index is 1.56. The molecule has 0 radical (unpaired) electrons. The Morgan fingerprint density at radius 3 is 2.82 bits per heavy atom. The number of methoxy groups -OCH3 is 1. The van der Waals surface area contributed by atoms with E-state index >= 15 is 0 Å². The van der Waals surface area contributed by atoms with Crippen molar-refractivity contribution < 1.29 is 9.47 Å². The minimum absolute atomic E-state index is 0.777. The van der Waals surface area contributed by atoms with E-state index in [-0.39, 0.29) is 0 Å². The summed E-state index contributed by atoms with van der Waals surface area (Å²) in [6, 6.07) is 8.57. The van der Waals surface area contributed by atoms with Crippen LogP contribution < -0.4 is 14.8 Å². The van der Waals surface area contributed by atoms with Crippen molar-refractivity contribution in [1.82, 2.24) is 5.32 Å². The maximum absolute atomic E-state index is 5.66. The van der Waals surface area contributed by atoms with E-state index in [1.54, 1.807) is 7.11 Å². The Kier molecular flexibility index (Phi) is 4.68. The molecular formula is C14H21NO2. The van der Waals surface area contributed by atoms with Crippen molar-refractivity contribution in [3.63, 3.8) is 0 Å². The van der Waals surface area contributed by atoms with Crippen molar-refractivity contribution in [2.24, 2.45) is 0 Å². The van der Waals surface area contributed by atoms with Gasteiger partial charge in [-0.15, -0.1) is 0 Å². The van der Waals surface area contributed by atoms with Gasteiger partial charge >= 0.3 is 0 Å². The van der Waals surface area contributed by atoms with Crippen molar-refractivity contribution in [3.05, 3.63) is 24.3 Å². The van der Waals surface area contributed by atoms with E-state index in [1.165, 1.54) is 19.3 Å². The van der Waals surface area contributed by atoms with E-state index in [2.05, 4.69) is 5.32 Å². The molecule has 0 spiro atoms. The molecular weight excluding hydrogens is 214 g/mol. The number of hydrogen-bond acceptors (Lipinski definition) is 3. The highest BCUT2D eigenvalue weighted by molar-refractivity contribution is 5.32. The lowest BCUT2D eigenvalue weighted by Crippen LogP contribution is -2.17. The first-order valence-corrected chi connectivity index (χ1v) is 6.39. The number of ether oxygens (including phenoxy) is 2. The molecule has 1 fully saturated rings. The first-order valence-electron chi connectivity index (χ1n) is 6.39. The summed E-state index contributed by atoms with van der Waals surface area (Å²) in [5.74, 6) is 1.73. The van der Waals surface area contributed by atoms with Gasteiger partial charge in [-0.2, -0.15) is 0 Å². The fraction of sp³-hybridized carbons (Fsp3) is 0.571. The Bertz CT molecular complexity index is 337. The van der Waals surface area contributed by atoms with Crippen molar-refractivity contribution >= 4 is 0 Å². The molecule has 0 heterocycles. The highest BCUT2D eigenvalue weighted by Gasteiger charge is 2.19. The lowest BCUT2D eigenvalue weighted by atomic mass is 10.3. The van der Waals surface area contributed by atoms with Crippen LogP contribution in [0.25, 0.3) is 0 Å². The standard InChI is InChI=1S/C14H21NO2/c1-16-13-5-4-6-14(11-13)17-10-3-2-9-15-12-7-8-12/h4-6,11-12,15H,2-3,7-10H2,1H3. The zero-order valence-electron chi connectivity index (χ0n) is 10.4. The van der Waals surface area contributed by atoms with E-state index in [4.69, 9.17) is 9.47 Å². The van der Waals surface area contributed by atoms with Crippen LogP contribution in [-0.4, -0.2) is 26.3 Å². The highest BCUT2D eigenvalue weighted by atomic mass is 16.5. The molecule has 1 N–H and O–H groups in total. The smallest absolute Gasteiger partial charge is 0.122 e. The Morgan fingerprint density at radius 2 is 2.06 bits per heavy atom. The molecule has 1 saturated carbocycles. The summed E-state index contributed by atoms with van der Waals surface area (Å²) in [6.07, 6.45) is 5.00. The average molecular weight is 235 g/mol. The molecule has 3 nitrogen and oxygen atoms in total. The molecule has 17 heavy (non-hydrogen) atoms. The van der Waals surface area contributed by atoms with Crippen LogP contribution in [0.2, 0.25) is 0 Å². The molecule has 0 amide bonds. The quantitative estimate of drug-likeness (QED) is 0.703. The van der Waals surface area contributed by atoms with Crippen LogP contribution in [-0.2, 0) is 0 Å². The summed E-state index contributed by atoms with van der Waals surface area (Å²) in [7, 11) is 1.67. The van der Waals surface area contributed by atoms with Crippen molar-refractivity contribution in [3.8, 4) is 11.5 Å². The fourth-order valence-corrected chi connectivity index (χ4v) is 1.70. The Hall–Kier alpha value is -1.22. The molecule has 0 atom stereocenters. The van der Waals surface area contributed by atoms with Crippen LogP contribution in [0.15, 0.2) is 24.3 Å². The summed E-state index contributed by atoms with van der Waals surface area (Å²) < 4.78 is 10.8. The second-order valence-corrected chi connectivity index (χ2v) is 4.46. The third-order valence-corrected chi connectivity index (χ3v) is 2.89. The third-order valence-electron chi connectivity index (χ3n) is 2.89. The van der Waals surface area contributed by atoms with Crippen molar-refractivity contribution in [2.45, 2.75) is 31.7 Å². The van der Waals surface area contributed by atoms with Gasteiger partial charge < -0.3 is 14.8 Å². The zero-order valence-corrected chi connectivity index (χ0v) is 10.4. The molecule has 3 heteroatoms. The van der Waals surface area contributed by atoms with Gasteiger partial charge in [0, 0.05) is 12.1 Å². The van der Waals surface area contributed by atoms with E-state index in [0.29, 0.717) is 0 Å². The van der Waals surface area contributed by atoms with Gasteiger partial charge in [0.1, 0.15) is 11.5 Å². The van der Waals surface area contributed by atoms with Gasteiger partial charge in [0.15, 0.2) is 0 Å². The van der Waals surface area contributed by atoms with Gasteiger partial charge in [-0.25, -0.2) is 0 Å². The Labute approximate surface area is 103 Å². The SMILES string of the molecule is COc1cccc(OCCCCNC2CC2)c1. The largest absolute Gasteiger partial charge is 0.497 e. The van der Waals surface area contributed by atoms with Gasteiger partial charge in [-0.3, -0.25) is 0 Å². The van der Waals surface area contributed by atoms with Crippen LogP contribution in [0.4, 0.5) is 0 Å². The van der Waals surface area contributed by atoms with Crippen LogP contribution in [0.1, 0.15) is 25.7 Å². The third kappa shape index (κ3) is 4.65. The van der Waals surface area contributed by atoms with Gasteiger partial charge in [-0.05, 0) is 44.4 Å². The molecule has 0 unspecified atom stereocenters. The van der Waals surface area contributed by atoms with Crippen LogP contribution in [0.5, 0.6) is 11.5 Å². The molecule has 94 valence electrons. The summed E-state index contributed by atoms with van der Waals surface area (Å²) >= 11 is 0. The molecule has 2 rings (SSSR count). The average Bonchev–Trinajstić information content (AvgIpc) is 3.18. The summed E-state index contributed by atoms with van der Waals surface area (Å²) in [5, 5.41) is 3.50. The number of unbranched alkanes of at least 4 members (excludes halogenated alkanes) is 1. The van der Waals surface area contributed by atoms with E-state index < -0.39 is 0 Å². The number of benzene rings is 1. The summed E-state index contributed by atoms with van der Waals surface area (Å²) in [4.78, 5) is 0. The van der Waals surface area contributed by atoms with Gasteiger partial charge in [-0.1, -0.05) is 6.07 Å². The number of hydrogen-bond donors (Lipinski definition) is 1. The highest BCUT2D eigenvalue weighted by Crippen LogP contribution is 2.19. The second-order valence-electron chi connectivity index (χ2n) is 4.46. The molecule has 1 aromatic carbocycles. The molecule has 0 bridgehead atoms. The maximum atomic E-state index is 5.66. The second kappa shape index (κ2) is 6.50. The topological polar surface area (TPSA) is 30.5 Å². The predicted molar refractivity (Wildman–Crippen MR) is 68.7 cm³/mol. The van der Waals surface area contributed by atoms with Crippen molar-refractivity contribution in [1.29, 1.82) is 0 Å². The molecule has 1 aliphatic rings. The van der Waals surface area contributed by atoms with E-state index in [9.17, 15) is 0 Å². The molecule has 1 aromatic rings. The van der Waals surface area contributed by atoms with Crippen LogP contribution in [0.3, 0.4) is 0 Å². The lowest BCUT2D eigenvalue weighted by molar-refractivity contribution is 0.303.